The fraction of sp³-hybridized carbons (Fsp3) is 0.217. The van der Waals surface area contributed by atoms with Gasteiger partial charge >= 0.3 is 0 Å². The van der Waals surface area contributed by atoms with Crippen molar-refractivity contribution in [3.63, 3.8) is 0 Å². The Bertz CT molecular complexity index is 1230. The maximum absolute atomic E-state index is 13.3. The predicted octanol–water partition coefficient (Wildman–Crippen LogP) is 4.65. The van der Waals surface area contributed by atoms with Gasteiger partial charge in [0, 0.05) is 18.0 Å². The summed E-state index contributed by atoms with van der Waals surface area (Å²) in [6.07, 6.45) is 6.24. The number of aromatic nitrogens is 2. The predicted molar refractivity (Wildman–Crippen MR) is 112 cm³/mol. The van der Waals surface area contributed by atoms with Gasteiger partial charge in [0.1, 0.15) is 11.5 Å². The molecule has 2 aromatic carbocycles. The zero-order chi connectivity index (χ0) is 20.0. The Kier molecular flexibility index (Phi) is 4.28. The number of carbonyl (C=O) groups is 1. The average molecular weight is 388 g/mol. The fourth-order valence-corrected chi connectivity index (χ4v) is 4.09. The minimum absolute atomic E-state index is 0.202. The van der Waals surface area contributed by atoms with Crippen LogP contribution in [0.1, 0.15) is 34.9 Å². The Morgan fingerprint density at radius 1 is 1.10 bits per heavy atom. The van der Waals surface area contributed by atoms with Gasteiger partial charge in [-0.05, 0) is 73.6 Å². The first-order chi connectivity index (χ1) is 14.1. The zero-order valence-electron chi connectivity index (χ0n) is 16.1. The van der Waals surface area contributed by atoms with E-state index in [1.165, 1.54) is 18.6 Å². The van der Waals surface area contributed by atoms with E-state index >= 15 is 0 Å². The molecule has 5 nitrogen and oxygen atoms in total. The molecule has 1 aliphatic rings. The number of carbonyl (C=O) groups excluding carboxylic acids is 1. The Balaban J connectivity index is 1.39. The van der Waals surface area contributed by atoms with E-state index < -0.39 is 0 Å². The van der Waals surface area contributed by atoms with E-state index in [1.807, 2.05) is 28.9 Å². The van der Waals surface area contributed by atoms with Crippen LogP contribution < -0.4 is 5.32 Å². The van der Waals surface area contributed by atoms with Crippen molar-refractivity contribution in [2.75, 3.05) is 18.9 Å². The molecule has 0 radical (unpaired) electrons. The molecule has 1 saturated heterocycles. The van der Waals surface area contributed by atoms with E-state index in [0.717, 1.165) is 35.1 Å². The van der Waals surface area contributed by atoms with Gasteiger partial charge in [-0.1, -0.05) is 12.1 Å². The van der Waals surface area contributed by atoms with E-state index in [1.54, 1.807) is 24.3 Å². The van der Waals surface area contributed by atoms with Crippen molar-refractivity contribution in [1.82, 2.24) is 14.3 Å². The lowest BCUT2D eigenvalue weighted by Crippen LogP contribution is -2.17. The third kappa shape index (κ3) is 3.36. The summed E-state index contributed by atoms with van der Waals surface area (Å²) in [5, 5.41) is 4.54. The van der Waals surface area contributed by atoms with Crippen molar-refractivity contribution in [2.24, 2.45) is 0 Å². The Hall–Kier alpha value is -3.25. The molecule has 0 saturated carbocycles. The summed E-state index contributed by atoms with van der Waals surface area (Å²) in [4.78, 5) is 19.8. The van der Waals surface area contributed by atoms with Gasteiger partial charge in [0.15, 0.2) is 0 Å². The van der Waals surface area contributed by atoms with Crippen LogP contribution in [0.15, 0.2) is 60.9 Å². The number of anilines is 1. The average Bonchev–Trinajstić information content (AvgIpc) is 3.32. The van der Waals surface area contributed by atoms with Gasteiger partial charge in [0.25, 0.3) is 5.91 Å². The number of hydrogen-bond acceptors (Lipinski definition) is 3. The summed E-state index contributed by atoms with van der Waals surface area (Å²) in [5.41, 5.74) is 3.16. The van der Waals surface area contributed by atoms with Crippen molar-refractivity contribution in [3.8, 4) is 0 Å². The molecule has 29 heavy (non-hydrogen) atoms. The van der Waals surface area contributed by atoms with Crippen LogP contribution >= 0.6 is 0 Å². The number of fused-ring (bicyclic) bond motifs is 2. The number of hydrogen-bond donors (Lipinski definition) is 1. The van der Waals surface area contributed by atoms with Crippen LogP contribution in [0, 0.1) is 5.82 Å². The number of rotatable bonds is 3. The van der Waals surface area contributed by atoms with Crippen LogP contribution in [-0.2, 0) is 0 Å². The standard InChI is InChI=1S/C23H21FN4O/c1-27-10-2-3-21(27)20-14-28-13-19(8-9-22(28)26-20)25-23(29)17-5-4-16-12-18(24)7-6-15(16)11-17/h4-9,11-14,21H,2-3,10H2,1H3,(H,25,29)/t21-/m0/s1. The minimum Gasteiger partial charge on any atom is -0.321 e. The van der Waals surface area contributed by atoms with Crippen LogP contribution in [0.5, 0.6) is 0 Å². The van der Waals surface area contributed by atoms with E-state index in [-0.39, 0.29) is 11.7 Å². The molecule has 1 atom stereocenters. The highest BCUT2D eigenvalue weighted by Gasteiger charge is 2.24. The highest BCUT2D eigenvalue weighted by atomic mass is 19.1. The Morgan fingerprint density at radius 3 is 2.76 bits per heavy atom. The van der Waals surface area contributed by atoms with Gasteiger partial charge in [0.2, 0.25) is 0 Å². The van der Waals surface area contributed by atoms with Crippen molar-refractivity contribution in [2.45, 2.75) is 18.9 Å². The molecule has 5 rings (SSSR count). The maximum atomic E-state index is 13.3. The second-order valence-corrected chi connectivity index (χ2v) is 7.65. The van der Waals surface area contributed by atoms with Gasteiger partial charge in [-0.25, -0.2) is 9.37 Å². The number of nitrogens with one attached hydrogen (secondary N) is 1. The monoisotopic (exact) mass is 388 g/mol. The van der Waals surface area contributed by atoms with Crippen molar-refractivity contribution in [3.05, 3.63) is 78.0 Å². The van der Waals surface area contributed by atoms with Crippen LogP contribution in [0.25, 0.3) is 16.4 Å². The summed E-state index contributed by atoms with van der Waals surface area (Å²) in [5.74, 6) is -0.488. The fourth-order valence-electron chi connectivity index (χ4n) is 4.09. The molecule has 0 bridgehead atoms. The van der Waals surface area contributed by atoms with Crippen LogP contribution in [-0.4, -0.2) is 33.8 Å². The van der Waals surface area contributed by atoms with Gasteiger partial charge in [-0.2, -0.15) is 0 Å². The lowest BCUT2D eigenvalue weighted by atomic mass is 10.1. The second kappa shape index (κ2) is 6.97. The summed E-state index contributed by atoms with van der Waals surface area (Å²) in [6.45, 7) is 1.10. The molecule has 4 aromatic rings. The molecule has 3 heterocycles. The minimum atomic E-state index is -0.286. The molecule has 0 spiro atoms. The van der Waals surface area contributed by atoms with Crippen LogP contribution in [0.2, 0.25) is 0 Å². The van der Waals surface area contributed by atoms with Crippen molar-refractivity contribution >= 4 is 28.0 Å². The topological polar surface area (TPSA) is 49.6 Å². The Labute approximate surface area is 167 Å². The molecule has 0 unspecified atom stereocenters. The maximum Gasteiger partial charge on any atom is 0.255 e. The smallest absolute Gasteiger partial charge is 0.255 e. The van der Waals surface area contributed by atoms with Gasteiger partial charge in [0.05, 0.1) is 17.4 Å². The van der Waals surface area contributed by atoms with Crippen LogP contribution in [0.4, 0.5) is 10.1 Å². The highest BCUT2D eigenvalue weighted by Crippen LogP contribution is 2.30. The number of nitrogens with zero attached hydrogens (tertiary/aromatic N) is 3. The van der Waals surface area contributed by atoms with E-state index in [0.29, 0.717) is 17.3 Å². The first kappa shape index (κ1) is 17.8. The molecule has 1 N–H and O–H groups in total. The number of amides is 1. The first-order valence-corrected chi connectivity index (χ1v) is 9.76. The van der Waals surface area contributed by atoms with E-state index in [9.17, 15) is 9.18 Å². The van der Waals surface area contributed by atoms with Gasteiger partial charge in [-0.15, -0.1) is 0 Å². The molecule has 1 amide bonds. The summed E-state index contributed by atoms with van der Waals surface area (Å²) in [6, 6.07) is 13.9. The largest absolute Gasteiger partial charge is 0.321 e. The lowest BCUT2D eigenvalue weighted by molar-refractivity contribution is 0.102. The Morgan fingerprint density at radius 2 is 1.93 bits per heavy atom. The molecule has 2 aromatic heterocycles. The first-order valence-electron chi connectivity index (χ1n) is 9.76. The number of benzene rings is 2. The normalized spacial score (nSPS) is 17.2. The quantitative estimate of drug-likeness (QED) is 0.556. The third-order valence-electron chi connectivity index (χ3n) is 5.65. The highest BCUT2D eigenvalue weighted by molar-refractivity contribution is 6.06. The molecule has 6 heteroatoms. The number of likely N-dealkylation sites (tertiary alicyclic amines) is 1. The van der Waals surface area contributed by atoms with Crippen molar-refractivity contribution < 1.29 is 9.18 Å². The summed E-state index contributed by atoms with van der Waals surface area (Å²) in [7, 11) is 2.13. The number of pyridine rings is 1. The molecule has 0 aliphatic carbocycles. The lowest BCUT2D eigenvalue weighted by Gasteiger charge is -2.16. The molecular weight excluding hydrogens is 367 g/mol. The molecule has 146 valence electrons. The molecule has 1 fully saturated rings. The SMILES string of the molecule is CN1CCC[C@H]1c1cn2cc(NC(=O)c3ccc4cc(F)ccc4c3)ccc2n1. The number of halogens is 1. The second-order valence-electron chi connectivity index (χ2n) is 7.65. The third-order valence-corrected chi connectivity index (χ3v) is 5.65. The number of imidazole rings is 1. The van der Waals surface area contributed by atoms with E-state index in [2.05, 4.69) is 17.3 Å². The molecule has 1 aliphatic heterocycles. The van der Waals surface area contributed by atoms with Gasteiger partial charge in [-0.3, -0.25) is 9.69 Å². The van der Waals surface area contributed by atoms with Crippen LogP contribution in [0.3, 0.4) is 0 Å². The van der Waals surface area contributed by atoms with Crippen molar-refractivity contribution in [1.29, 1.82) is 0 Å². The van der Waals surface area contributed by atoms with E-state index in [4.69, 9.17) is 4.98 Å². The summed E-state index contributed by atoms with van der Waals surface area (Å²) < 4.78 is 15.3. The molecular formula is C23H21FN4O. The zero-order valence-corrected chi connectivity index (χ0v) is 16.1. The van der Waals surface area contributed by atoms with Gasteiger partial charge < -0.3 is 9.72 Å². The summed E-state index contributed by atoms with van der Waals surface area (Å²) >= 11 is 0.